The van der Waals surface area contributed by atoms with Crippen LogP contribution >= 0.6 is 0 Å². The molecule has 0 radical (unpaired) electrons. The number of nitrogen functional groups attached to an aromatic ring is 1. The van der Waals surface area contributed by atoms with Gasteiger partial charge in [-0.15, -0.1) is 0 Å². The normalized spacial score (nSPS) is 10.2. The number of nitrogens with one attached hydrogen (secondary N) is 1. The first kappa shape index (κ1) is 11.2. The van der Waals surface area contributed by atoms with Crippen LogP contribution in [0.1, 0.15) is 5.56 Å². The van der Waals surface area contributed by atoms with Crippen molar-refractivity contribution in [1.29, 1.82) is 0 Å². The lowest BCUT2D eigenvalue weighted by Gasteiger charge is -2.10. The Morgan fingerprint density at radius 3 is 2.76 bits per heavy atom. The summed E-state index contributed by atoms with van der Waals surface area (Å²) in [6.45, 7) is 0.636. The zero-order chi connectivity index (χ0) is 12.3. The van der Waals surface area contributed by atoms with E-state index in [0.29, 0.717) is 12.4 Å². The summed E-state index contributed by atoms with van der Waals surface area (Å²) in [6, 6.07) is 11.6. The lowest BCUT2D eigenvalue weighted by Crippen LogP contribution is -2.24. The molecule has 5 heteroatoms. The number of hydrogen-bond acceptors (Lipinski definition) is 4. The van der Waals surface area contributed by atoms with Crippen LogP contribution in [0.15, 0.2) is 41.2 Å². The summed E-state index contributed by atoms with van der Waals surface area (Å²) in [5.74, 6) is 0.884. The fourth-order valence-electron chi connectivity index (χ4n) is 1.52. The molecule has 0 aliphatic carbocycles. The van der Waals surface area contributed by atoms with Crippen LogP contribution in [0.3, 0.4) is 0 Å². The van der Waals surface area contributed by atoms with Gasteiger partial charge in [-0.1, -0.05) is 30.3 Å². The average Bonchev–Trinajstić information content (AvgIpc) is 2.33. The molecule has 1 heterocycles. The Labute approximate surface area is 98.9 Å². The van der Waals surface area contributed by atoms with Gasteiger partial charge in [0.1, 0.15) is 11.6 Å². The second kappa shape index (κ2) is 4.69. The number of nitrogens with two attached hydrogens (primary N) is 1. The molecule has 0 aliphatic heterocycles. The molecule has 1 aromatic carbocycles. The molecule has 0 atom stereocenters. The largest absolute Gasteiger partial charge is 0.383 e. The third kappa shape index (κ3) is 2.63. The Morgan fingerprint density at radius 1 is 1.35 bits per heavy atom. The van der Waals surface area contributed by atoms with Crippen molar-refractivity contribution in [3.05, 3.63) is 52.4 Å². The number of nitrogens with zero attached hydrogens (tertiary/aromatic N) is 2. The first-order valence-corrected chi connectivity index (χ1v) is 5.28. The van der Waals surface area contributed by atoms with E-state index in [1.165, 1.54) is 4.57 Å². The van der Waals surface area contributed by atoms with Gasteiger partial charge < -0.3 is 11.1 Å². The zero-order valence-corrected chi connectivity index (χ0v) is 9.55. The number of rotatable bonds is 3. The quantitative estimate of drug-likeness (QED) is 0.824. The number of aromatic nitrogens is 2. The van der Waals surface area contributed by atoms with E-state index in [9.17, 15) is 4.79 Å². The smallest absolute Gasteiger partial charge is 0.350 e. The summed E-state index contributed by atoms with van der Waals surface area (Å²) in [5.41, 5.74) is 6.31. The monoisotopic (exact) mass is 230 g/mol. The van der Waals surface area contributed by atoms with Gasteiger partial charge in [0.05, 0.1) is 0 Å². The molecule has 0 fully saturated rings. The summed E-state index contributed by atoms with van der Waals surface area (Å²) in [4.78, 5) is 15.0. The summed E-state index contributed by atoms with van der Waals surface area (Å²) in [5, 5.41) is 3.15. The highest BCUT2D eigenvalue weighted by atomic mass is 16.1. The van der Waals surface area contributed by atoms with Gasteiger partial charge in [0, 0.05) is 19.7 Å². The number of hydrogen-bond donors (Lipinski definition) is 2. The third-order valence-electron chi connectivity index (χ3n) is 2.47. The standard InChI is InChI=1S/C12H14N4O/c1-16-11(7-10(13)15-12(16)17)14-8-9-5-3-2-4-6-9/h2-7,14H,8H2,1H3,(H2,13,15,17). The van der Waals surface area contributed by atoms with Gasteiger partial charge >= 0.3 is 5.69 Å². The molecule has 0 unspecified atom stereocenters. The Balaban J connectivity index is 2.17. The Bertz CT molecular complexity index is 562. The van der Waals surface area contributed by atoms with Gasteiger partial charge in [-0.2, -0.15) is 4.98 Å². The van der Waals surface area contributed by atoms with Crippen LogP contribution in [0, 0.1) is 0 Å². The molecule has 3 N–H and O–H groups in total. The fraction of sp³-hybridized carbons (Fsp3) is 0.167. The van der Waals surface area contributed by atoms with Gasteiger partial charge in [0.2, 0.25) is 0 Å². The number of benzene rings is 1. The van der Waals surface area contributed by atoms with Crippen molar-refractivity contribution in [3.63, 3.8) is 0 Å². The highest BCUT2D eigenvalue weighted by Crippen LogP contribution is 2.08. The van der Waals surface area contributed by atoms with Crippen LogP contribution in [0.5, 0.6) is 0 Å². The van der Waals surface area contributed by atoms with Crippen molar-refractivity contribution in [2.24, 2.45) is 7.05 Å². The molecule has 17 heavy (non-hydrogen) atoms. The molecular weight excluding hydrogens is 216 g/mol. The molecule has 0 saturated heterocycles. The van der Waals surface area contributed by atoms with E-state index < -0.39 is 0 Å². The molecular formula is C12H14N4O. The van der Waals surface area contributed by atoms with Gasteiger partial charge in [-0.3, -0.25) is 4.57 Å². The molecule has 1 aromatic heterocycles. The van der Waals surface area contributed by atoms with E-state index in [1.807, 2.05) is 30.3 Å². The third-order valence-corrected chi connectivity index (χ3v) is 2.47. The van der Waals surface area contributed by atoms with Crippen LogP contribution in [-0.4, -0.2) is 9.55 Å². The van der Waals surface area contributed by atoms with E-state index in [1.54, 1.807) is 13.1 Å². The minimum atomic E-state index is -0.361. The molecule has 0 amide bonds. The van der Waals surface area contributed by atoms with Crippen molar-refractivity contribution < 1.29 is 0 Å². The first-order valence-electron chi connectivity index (χ1n) is 5.28. The lowest BCUT2D eigenvalue weighted by molar-refractivity contribution is 0.812. The SMILES string of the molecule is Cn1c(NCc2ccccc2)cc(N)nc1=O. The average molecular weight is 230 g/mol. The van der Waals surface area contributed by atoms with Gasteiger partial charge in [-0.05, 0) is 5.56 Å². The van der Waals surface area contributed by atoms with Crippen molar-refractivity contribution >= 4 is 11.6 Å². The predicted octanol–water partition coefficient (Wildman–Crippen LogP) is 0.975. The van der Waals surface area contributed by atoms with Crippen LogP contribution in [-0.2, 0) is 13.6 Å². The molecule has 2 aromatic rings. The lowest BCUT2D eigenvalue weighted by atomic mass is 10.2. The van der Waals surface area contributed by atoms with E-state index in [0.717, 1.165) is 5.56 Å². The van der Waals surface area contributed by atoms with Crippen LogP contribution in [0.4, 0.5) is 11.6 Å². The summed E-state index contributed by atoms with van der Waals surface area (Å²) in [7, 11) is 1.65. The van der Waals surface area contributed by atoms with Crippen LogP contribution in [0.2, 0.25) is 0 Å². The minimum absolute atomic E-state index is 0.226. The molecule has 0 aliphatic rings. The maximum Gasteiger partial charge on any atom is 0.350 e. The highest BCUT2D eigenvalue weighted by molar-refractivity contribution is 5.44. The summed E-state index contributed by atoms with van der Waals surface area (Å²) in [6.07, 6.45) is 0. The van der Waals surface area contributed by atoms with E-state index in [2.05, 4.69) is 10.3 Å². The van der Waals surface area contributed by atoms with Crippen LogP contribution < -0.4 is 16.7 Å². The second-order valence-corrected chi connectivity index (χ2v) is 3.75. The Morgan fingerprint density at radius 2 is 2.06 bits per heavy atom. The topological polar surface area (TPSA) is 72.9 Å². The second-order valence-electron chi connectivity index (χ2n) is 3.75. The van der Waals surface area contributed by atoms with E-state index in [-0.39, 0.29) is 11.5 Å². The zero-order valence-electron chi connectivity index (χ0n) is 9.55. The van der Waals surface area contributed by atoms with Gasteiger partial charge in [0.15, 0.2) is 0 Å². The van der Waals surface area contributed by atoms with E-state index in [4.69, 9.17) is 5.73 Å². The molecule has 5 nitrogen and oxygen atoms in total. The molecule has 88 valence electrons. The Kier molecular flexibility index (Phi) is 3.09. The summed E-state index contributed by atoms with van der Waals surface area (Å²) >= 11 is 0. The van der Waals surface area contributed by atoms with Crippen molar-refractivity contribution in [3.8, 4) is 0 Å². The van der Waals surface area contributed by atoms with Gasteiger partial charge in [-0.25, -0.2) is 4.79 Å². The van der Waals surface area contributed by atoms with Crippen molar-refractivity contribution in [2.75, 3.05) is 11.1 Å². The maximum absolute atomic E-state index is 11.4. The Hall–Kier alpha value is -2.30. The predicted molar refractivity (Wildman–Crippen MR) is 67.7 cm³/mol. The number of anilines is 2. The fourth-order valence-corrected chi connectivity index (χ4v) is 1.52. The molecule has 2 rings (SSSR count). The van der Waals surface area contributed by atoms with Crippen LogP contribution in [0.25, 0.3) is 0 Å². The summed E-state index contributed by atoms with van der Waals surface area (Å²) < 4.78 is 1.43. The van der Waals surface area contributed by atoms with Crippen molar-refractivity contribution in [1.82, 2.24) is 9.55 Å². The van der Waals surface area contributed by atoms with Gasteiger partial charge in [0.25, 0.3) is 0 Å². The van der Waals surface area contributed by atoms with E-state index >= 15 is 0 Å². The van der Waals surface area contributed by atoms with Crippen molar-refractivity contribution in [2.45, 2.75) is 6.54 Å². The first-order chi connectivity index (χ1) is 8.16. The molecule has 0 bridgehead atoms. The minimum Gasteiger partial charge on any atom is -0.383 e. The maximum atomic E-state index is 11.4. The molecule has 0 saturated carbocycles. The highest BCUT2D eigenvalue weighted by Gasteiger charge is 2.02. The molecule has 0 spiro atoms.